The lowest BCUT2D eigenvalue weighted by atomic mass is 10.2. The third kappa shape index (κ3) is 5.67. The molecule has 0 radical (unpaired) electrons. The lowest BCUT2D eigenvalue weighted by Crippen LogP contribution is -2.26. The molecule has 66 valence electrons. The molecule has 0 saturated heterocycles. The first-order valence-electron chi connectivity index (χ1n) is 3.40. The van der Waals surface area contributed by atoms with Crippen LogP contribution >= 0.6 is 31.9 Å². The third-order valence-corrected chi connectivity index (χ3v) is 1.88. The van der Waals surface area contributed by atoms with Gasteiger partial charge >= 0.3 is 5.97 Å². The van der Waals surface area contributed by atoms with Crippen LogP contribution in [0.3, 0.4) is 0 Å². The van der Waals surface area contributed by atoms with E-state index in [1.807, 2.05) is 0 Å². The van der Waals surface area contributed by atoms with E-state index in [0.717, 1.165) is 11.8 Å². The minimum atomic E-state index is -0.556. The summed E-state index contributed by atoms with van der Waals surface area (Å²) in [6.45, 7) is 4.02. The smallest absolute Gasteiger partial charge is 0.322 e. The zero-order chi connectivity index (χ0) is 8.91. The summed E-state index contributed by atoms with van der Waals surface area (Å²) in [5.74, 6) is -0.210. The fourth-order valence-corrected chi connectivity index (χ4v) is 0.734. The number of hydrogen-bond acceptors (Lipinski definition) is 2. The van der Waals surface area contributed by atoms with E-state index in [1.165, 1.54) is 0 Å². The summed E-state index contributed by atoms with van der Waals surface area (Å²) in [6, 6.07) is 0. The molecule has 2 nitrogen and oxygen atoms in total. The Morgan fingerprint density at radius 2 is 2.09 bits per heavy atom. The van der Waals surface area contributed by atoms with Crippen LogP contribution in [0.15, 0.2) is 0 Å². The van der Waals surface area contributed by atoms with Crippen molar-refractivity contribution in [1.29, 1.82) is 0 Å². The zero-order valence-corrected chi connectivity index (χ0v) is 9.87. The predicted octanol–water partition coefficient (Wildman–Crippen LogP) is 2.49. The van der Waals surface area contributed by atoms with Crippen molar-refractivity contribution in [1.82, 2.24) is 0 Å². The van der Waals surface area contributed by atoms with Gasteiger partial charge in [0.15, 0.2) is 0 Å². The van der Waals surface area contributed by atoms with E-state index in [4.69, 9.17) is 4.74 Å². The molecule has 0 aromatic rings. The highest BCUT2D eigenvalue weighted by Crippen LogP contribution is 2.17. The summed E-state index contributed by atoms with van der Waals surface area (Å²) >= 11 is 6.46. The van der Waals surface area contributed by atoms with Crippen LogP contribution in [0.25, 0.3) is 0 Å². The Hall–Kier alpha value is 0.430. The summed E-state index contributed by atoms with van der Waals surface area (Å²) in [7, 11) is 0. The lowest BCUT2D eigenvalue weighted by Gasteiger charge is -2.14. The fraction of sp³-hybridized carbons (Fsp3) is 0.857. The number of ether oxygens (including phenoxy) is 1. The molecule has 0 atom stereocenters. The molecule has 0 aliphatic heterocycles. The third-order valence-electron chi connectivity index (χ3n) is 0.997. The first-order valence-corrected chi connectivity index (χ1v) is 5.32. The minimum Gasteiger partial charge on any atom is -0.465 e. The van der Waals surface area contributed by atoms with E-state index in [9.17, 15) is 4.79 Å². The quantitative estimate of drug-likeness (QED) is 0.451. The summed E-state index contributed by atoms with van der Waals surface area (Å²) < 4.78 is 4.37. The number of carbonyl (C=O) groups excluding carboxylic acids is 1. The SMILES string of the molecule is CC(C)(Br)C(=O)OCCCBr. The lowest BCUT2D eigenvalue weighted by molar-refractivity contribution is -0.145. The molecule has 11 heavy (non-hydrogen) atoms. The molecular weight excluding hydrogens is 276 g/mol. The highest BCUT2D eigenvalue weighted by molar-refractivity contribution is 9.10. The van der Waals surface area contributed by atoms with Gasteiger partial charge in [0.1, 0.15) is 4.32 Å². The monoisotopic (exact) mass is 286 g/mol. The van der Waals surface area contributed by atoms with Gasteiger partial charge in [-0.25, -0.2) is 0 Å². The molecule has 0 fully saturated rings. The molecule has 0 saturated carbocycles. The normalized spacial score (nSPS) is 11.3. The molecule has 0 heterocycles. The van der Waals surface area contributed by atoms with E-state index < -0.39 is 4.32 Å². The van der Waals surface area contributed by atoms with Crippen LogP contribution in [-0.4, -0.2) is 22.2 Å². The minimum absolute atomic E-state index is 0.210. The van der Waals surface area contributed by atoms with E-state index in [-0.39, 0.29) is 5.97 Å². The van der Waals surface area contributed by atoms with E-state index in [0.29, 0.717) is 6.61 Å². The van der Waals surface area contributed by atoms with Crippen LogP contribution in [-0.2, 0) is 9.53 Å². The molecule has 0 bridgehead atoms. The number of halogens is 2. The Morgan fingerprint density at radius 1 is 1.55 bits per heavy atom. The van der Waals surface area contributed by atoms with Crippen molar-refractivity contribution in [2.75, 3.05) is 11.9 Å². The number of alkyl halides is 2. The Bertz CT molecular complexity index is 129. The van der Waals surface area contributed by atoms with Crippen LogP contribution in [0.2, 0.25) is 0 Å². The second kappa shape index (κ2) is 5.14. The highest BCUT2D eigenvalue weighted by Gasteiger charge is 2.24. The molecule has 0 aromatic heterocycles. The Balaban J connectivity index is 3.54. The molecular formula is C7H12Br2O2. The van der Waals surface area contributed by atoms with Crippen LogP contribution in [0.1, 0.15) is 20.3 Å². The van der Waals surface area contributed by atoms with Crippen LogP contribution in [0.4, 0.5) is 0 Å². The van der Waals surface area contributed by atoms with Crippen molar-refractivity contribution in [3.05, 3.63) is 0 Å². The van der Waals surface area contributed by atoms with Gasteiger partial charge in [-0.05, 0) is 20.3 Å². The van der Waals surface area contributed by atoms with Crippen molar-refractivity contribution < 1.29 is 9.53 Å². The Kier molecular flexibility index (Phi) is 5.34. The van der Waals surface area contributed by atoms with E-state index >= 15 is 0 Å². The van der Waals surface area contributed by atoms with Crippen LogP contribution in [0.5, 0.6) is 0 Å². The summed E-state index contributed by atoms with van der Waals surface area (Å²) in [5, 5.41) is 0.864. The second-order valence-corrected chi connectivity index (χ2v) is 5.43. The van der Waals surface area contributed by atoms with Crippen molar-refractivity contribution in [3.8, 4) is 0 Å². The standard InChI is InChI=1S/C7H12Br2O2/c1-7(2,9)6(10)11-5-3-4-8/h3-5H2,1-2H3. The topological polar surface area (TPSA) is 26.3 Å². The van der Waals surface area contributed by atoms with Gasteiger partial charge in [0.2, 0.25) is 0 Å². The Morgan fingerprint density at radius 3 is 2.45 bits per heavy atom. The van der Waals surface area contributed by atoms with E-state index in [1.54, 1.807) is 13.8 Å². The molecule has 0 amide bonds. The second-order valence-electron chi connectivity index (χ2n) is 2.65. The van der Waals surface area contributed by atoms with Gasteiger partial charge in [-0.1, -0.05) is 31.9 Å². The molecule has 4 heteroatoms. The number of hydrogen-bond donors (Lipinski definition) is 0. The van der Waals surface area contributed by atoms with Gasteiger partial charge in [0.25, 0.3) is 0 Å². The molecule has 0 spiro atoms. The average molecular weight is 288 g/mol. The Labute approximate surface area is 83.9 Å². The van der Waals surface area contributed by atoms with E-state index in [2.05, 4.69) is 31.9 Å². The average Bonchev–Trinajstić information content (AvgIpc) is 1.86. The molecule has 0 aliphatic rings. The van der Waals surface area contributed by atoms with Gasteiger partial charge < -0.3 is 4.74 Å². The predicted molar refractivity (Wildman–Crippen MR) is 52.4 cm³/mol. The summed E-state index contributed by atoms with van der Waals surface area (Å²) in [6.07, 6.45) is 0.856. The molecule has 0 aromatic carbocycles. The van der Waals surface area contributed by atoms with Crippen LogP contribution < -0.4 is 0 Å². The molecule has 0 aliphatic carbocycles. The van der Waals surface area contributed by atoms with Gasteiger partial charge in [-0.3, -0.25) is 4.79 Å². The van der Waals surface area contributed by atoms with Gasteiger partial charge in [-0.15, -0.1) is 0 Å². The highest BCUT2D eigenvalue weighted by atomic mass is 79.9. The van der Waals surface area contributed by atoms with Gasteiger partial charge in [0.05, 0.1) is 6.61 Å². The zero-order valence-electron chi connectivity index (χ0n) is 6.69. The molecule has 0 rings (SSSR count). The fourth-order valence-electron chi connectivity index (χ4n) is 0.391. The van der Waals surface area contributed by atoms with Crippen LogP contribution in [0, 0.1) is 0 Å². The largest absolute Gasteiger partial charge is 0.465 e. The maximum absolute atomic E-state index is 11.1. The summed E-state index contributed by atoms with van der Waals surface area (Å²) in [5.41, 5.74) is 0. The van der Waals surface area contributed by atoms with Gasteiger partial charge in [-0.2, -0.15) is 0 Å². The number of rotatable bonds is 4. The summed E-state index contributed by atoms with van der Waals surface area (Å²) in [4.78, 5) is 11.1. The van der Waals surface area contributed by atoms with Crippen molar-refractivity contribution in [2.24, 2.45) is 0 Å². The van der Waals surface area contributed by atoms with Crippen molar-refractivity contribution in [2.45, 2.75) is 24.6 Å². The van der Waals surface area contributed by atoms with Crippen molar-refractivity contribution >= 4 is 37.8 Å². The first kappa shape index (κ1) is 11.4. The maximum atomic E-state index is 11.1. The van der Waals surface area contributed by atoms with Gasteiger partial charge in [0, 0.05) is 5.33 Å². The number of carbonyl (C=O) groups is 1. The maximum Gasteiger partial charge on any atom is 0.322 e. The first-order chi connectivity index (χ1) is 4.98. The number of esters is 1. The molecule has 0 unspecified atom stereocenters. The van der Waals surface area contributed by atoms with Crippen molar-refractivity contribution in [3.63, 3.8) is 0 Å². The molecule has 0 N–H and O–H groups in total.